The van der Waals surface area contributed by atoms with E-state index in [1.165, 1.54) is 0 Å². The third-order valence-corrected chi connectivity index (χ3v) is 7.35. The van der Waals surface area contributed by atoms with Crippen molar-refractivity contribution in [2.24, 2.45) is 0 Å². The van der Waals surface area contributed by atoms with E-state index in [0.29, 0.717) is 71.7 Å². The molecular weight excluding hydrogens is 556 g/mol. The number of carbonyl (C=O) groups is 1. The molecule has 0 aromatic heterocycles. The summed E-state index contributed by atoms with van der Waals surface area (Å²) < 4.78 is 34.7. The molecule has 4 aromatic carbocycles. The highest BCUT2D eigenvalue weighted by molar-refractivity contribution is 6.15. The van der Waals surface area contributed by atoms with Crippen molar-refractivity contribution in [1.29, 1.82) is 0 Å². The SMILES string of the molecule is COc1cc(/C=C2\CC/C(=C\c3cc(OC)c(OCc4ccccc4)c(OC)c3)C2=O)cc(OC)c1OCc1ccccc1. The molecule has 0 saturated heterocycles. The molecule has 7 heteroatoms. The summed E-state index contributed by atoms with van der Waals surface area (Å²) in [6.45, 7) is 0.743. The Morgan fingerprint density at radius 3 is 1.20 bits per heavy atom. The predicted molar refractivity (Wildman–Crippen MR) is 171 cm³/mol. The van der Waals surface area contributed by atoms with Crippen LogP contribution in [0.5, 0.6) is 34.5 Å². The molecule has 1 aliphatic rings. The number of Topliss-reactive ketones (excluding diaryl/α,β-unsaturated/α-hetero) is 1. The molecule has 0 N–H and O–H groups in total. The second kappa shape index (κ2) is 14.3. The van der Waals surface area contributed by atoms with E-state index in [0.717, 1.165) is 22.3 Å². The van der Waals surface area contributed by atoms with Crippen molar-refractivity contribution in [3.05, 3.63) is 118 Å². The lowest BCUT2D eigenvalue weighted by atomic mass is 10.1. The number of hydrogen-bond acceptors (Lipinski definition) is 7. The summed E-state index contributed by atoms with van der Waals surface area (Å²) in [5, 5.41) is 0. The molecule has 0 bridgehead atoms. The van der Waals surface area contributed by atoms with Gasteiger partial charge in [-0.3, -0.25) is 4.79 Å². The molecule has 1 saturated carbocycles. The first-order chi connectivity index (χ1) is 21.5. The van der Waals surface area contributed by atoms with Crippen molar-refractivity contribution in [2.75, 3.05) is 28.4 Å². The highest BCUT2D eigenvalue weighted by Gasteiger charge is 2.24. The van der Waals surface area contributed by atoms with Gasteiger partial charge in [-0.2, -0.15) is 0 Å². The summed E-state index contributed by atoms with van der Waals surface area (Å²) >= 11 is 0. The fraction of sp³-hybridized carbons (Fsp3) is 0.216. The van der Waals surface area contributed by atoms with Crippen molar-refractivity contribution in [3.63, 3.8) is 0 Å². The van der Waals surface area contributed by atoms with Gasteiger partial charge in [0.05, 0.1) is 28.4 Å². The molecule has 0 aliphatic heterocycles. The van der Waals surface area contributed by atoms with Gasteiger partial charge in [-0.25, -0.2) is 0 Å². The van der Waals surface area contributed by atoms with Crippen LogP contribution in [0.15, 0.2) is 96.1 Å². The minimum atomic E-state index is -0.00493. The van der Waals surface area contributed by atoms with Crippen LogP contribution in [0.4, 0.5) is 0 Å². The normalized spacial score (nSPS) is 14.5. The average Bonchev–Trinajstić information content (AvgIpc) is 3.40. The van der Waals surface area contributed by atoms with E-state index in [1.807, 2.05) is 97.1 Å². The molecule has 0 unspecified atom stereocenters. The highest BCUT2D eigenvalue weighted by Crippen LogP contribution is 2.42. The van der Waals surface area contributed by atoms with Crippen LogP contribution in [0.2, 0.25) is 0 Å². The van der Waals surface area contributed by atoms with Gasteiger partial charge in [0.25, 0.3) is 0 Å². The van der Waals surface area contributed by atoms with Crippen molar-refractivity contribution in [2.45, 2.75) is 26.1 Å². The van der Waals surface area contributed by atoms with Gasteiger partial charge in [-0.05, 0) is 71.5 Å². The standard InChI is InChI=1S/C37H36O7/c1-39-31-19-27(20-32(40-2)36(31)43-23-25-11-7-5-8-12-25)17-29-15-16-30(35(29)38)18-28-21-33(41-3)37(34(22-28)42-4)44-24-26-13-9-6-10-14-26/h5-14,17-22H,15-16,23-24H2,1-4H3/b29-17+,30-18+. The van der Waals surface area contributed by atoms with Gasteiger partial charge in [0.2, 0.25) is 11.5 Å². The minimum absolute atomic E-state index is 0.00493. The maximum atomic E-state index is 13.5. The molecule has 0 atom stereocenters. The first-order valence-electron chi connectivity index (χ1n) is 14.3. The second-order valence-corrected chi connectivity index (χ2v) is 10.2. The molecule has 5 rings (SSSR count). The smallest absolute Gasteiger partial charge is 0.203 e. The van der Waals surface area contributed by atoms with E-state index in [-0.39, 0.29) is 5.78 Å². The first-order valence-corrected chi connectivity index (χ1v) is 14.3. The second-order valence-electron chi connectivity index (χ2n) is 10.2. The Labute approximate surface area is 258 Å². The Morgan fingerprint density at radius 2 is 0.886 bits per heavy atom. The van der Waals surface area contributed by atoms with E-state index in [4.69, 9.17) is 28.4 Å². The summed E-state index contributed by atoms with van der Waals surface area (Å²) in [6.07, 6.45) is 5.01. The van der Waals surface area contributed by atoms with Crippen molar-refractivity contribution in [1.82, 2.24) is 0 Å². The van der Waals surface area contributed by atoms with Crippen LogP contribution in [0.1, 0.15) is 35.1 Å². The van der Waals surface area contributed by atoms with Crippen LogP contribution in [-0.4, -0.2) is 34.2 Å². The molecule has 0 heterocycles. The van der Waals surface area contributed by atoms with Gasteiger partial charge in [0, 0.05) is 11.1 Å². The molecule has 7 nitrogen and oxygen atoms in total. The number of rotatable bonds is 12. The summed E-state index contributed by atoms with van der Waals surface area (Å²) in [5.41, 5.74) is 5.06. The fourth-order valence-corrected chi connectivity index (χ4v) is 5.09. The van der Waals surface area contributed by atoms with E-state index < -0.39 is 0 Å². The highest BCUT2D eigenvalue weighted by atomic mass is 16.5. The van der Waals surface area contributed by atoms with Crippen LogP contribution in [0, 0.1) is 0 Å². The summed E-state index contributed by atoms with van der Waals surface area (Å²) in [6, 6.07) is 27.2. The van der Waals surface area contributed by atoms with Crippen molar-refractivity contribution in [3.8, 4) is 34.5 Å². The maximum Gasteiger partial charge on any atom is 0.203 e. The molecule has 1 fully saturated rings. The van der Waals surface area contributed by atoms with E-state index in [1.54, 1.807) is 28.4 Å². The van der Waals surface area contributed by atoms with Crippen LogP contribution < -0.4 is 28.4 Å². The monoisotopic (exact) mass is 592 g/mol. The first kappa shape index (κ1) is 30.3. The van der Waals surface area contributed by atoms with Crippen LogP contribution in [0.3, 0.4) is 0 Å². The largest absolute Gasteiger partial charge is 0.493 e. The van der Waals surface area contributed by atoms with E-state index in [2.05, 4.69) is 0 Å². The average molecular weight is 593 g/mol. The number of carbonyl (C=O) groups excluding carboxylic acids is 1. The molecule has 44 heavy (non-hydrogen) atoms. The van der Waals surface area contributed by atoms with Crippen molar-refractivity contribution < 1.29 is 33.2 Å². The van der Waals surface area contributed by atoms with Gasteiger partial charge in [0.15, 0.2) is 28.8 Å². The third-order valence-electron chi connectivity index (χ3n) is 7.35. The molecule has 0 radical (unpaired) electrons. The molecule has 0 amide bonds. The van der Waals surface area contributed by atoms with Crippen LogP contribution in [0.25, 0.3) is 12.2 Å². The molecule has 1 aliphatic carbocycles. The third kappa shape index (κ3) is 7.06. The fourth-order valence-electron chi connectivity index (χ4n) is 5.09. The van der Waals surface area contributed by atoms with Gasteiger partial charge in [0.1, 0.15) is 13.2 Å². The molecule has 226 valence electrons. The van der Waals surface area contributed by atoms with Gasteiger partial charge in [-0.15, -0.1) is 0 Å². The molecule has 0 spiro atoms. The van der Waals surface area contributed by atoms with Crippen molar-refractivity contribution >= 4 is 17.9 Å². The zero-order valence-corrected chi connectivity index (χ0v) is 25.4. The quantitative estimate of drug-likeness (QED) is 0.156. The van der Waals surface area contributed by atoms with Crippen LogP contribution in [-0.2, 0) is 18.0 Å². The van der Waals surface area contributed by atoms with Gasteiger partial charge < -0.3 is 28.4 Å². The summed E-state index contributed by atoms with van der Waals surface area (Å²) in [5.74, 6) is 3.14. The number of methoxy groups -OCH3 is 4. The summed E-state index contributed by atoms with van der Waals surface area (Å²) in [7, 11) is 6.35. The number of ketones is 1. The lowest BCUT2D eigenvalue weighted by molar-refractivity contribution is -0.111. The lowest BCUT2D eigenvalue weighted by Crippen LogP contribution is -2.01. The zero-order chi connectivity index (χ0) is 30.9. The number of allylic oxidation sites excluding steroid dienone is 2. The van der Waals surface area contributed by atoms with Gasteiger partial charge in [-0.1, -0.05) is 60.7 Å². The lowest BCUT2D eigenvalue weighted by Gasteiger charge is -2.16. The van der Waals surface area contributed by atoms with E-state index in [9.17, 15) is 4.79 Å². The Hall–Kier alpha value is -5.17. The minimum Gasteiger partial charge on any atom is -0.493 e. The molecule has 4 aromatic rings. The van der Waals surface area contributed by atoms with E-state index >= 15 is 0 Å². The summed E-state index contributed by atoms with van der Waals surface area (Å²) in [4.78, 5) is 13.5. The maximum absolute atomic E-state index is 13.5. The van der Waals surface area contributed by atoms with Crippen LogP contribution >= 0.6 is 0 Å². The topological polar surface area (TPSA) is 72.5 Å². The zero-order valence-electron chi connectivity index (χ0n) is 25.4. The predicted octanol–water partition coefficient (Wildman–Crippen LogP) is 7.71. The Bertz CT molecular complexity index is 1480. The molecular formula is C37H36O7. The number of ether oxygens (including phenoxy) is 6. The Kier molecular flexibility index (Phi) is 9.87. The van der Waals surface area contributed by atoms with Gasteiger partial charge >= 0.3 is 0 Å². The number of benzene rings is 4. The number of hydrogen-bond donors (Lipinski definition) is 0. The Balaban J connectivity index is 1.36. The Morgan fingerprint density at radius 1 is 0.545 bits per heavy atom.